The van der Waals surface area contributed by atoms with Gasteiger partial charge in [-0.15, -0.1) is 0 Å². The second-order valence-corrected chi connectivity index (χ2v) is 4.29. The van der Waals surface area contributed by atoms with Gasteiger partial charge in [-0.05, 0) is 38.3 Å². The number of nitrogens with one attached hydrogen (secondary N) is 1. The SMILES string of the molecule is Cc1ccnc(NC(C)CCCC(=O)O)c1C#N. The number of rotatable bonds is 6. The number of nitriles is 1. The lowest BCUT2D eigenvalue weighted by atomic mass is 10.1. The first-order chi connectivity index (χ1) is 8.54. The maximum absolute atomic E-state index is 10.4. The van der Waals surface area contributed by atoms with E-state index in [1.807, 2.05) is 13.8 Å². The Bertz CT molecular complexity index is 466. The zero-order valence-corrected chi connectivity index (χ0v) is 10.6. The number of anilines is 1. The molecule has 96 valence electrons. The minimum absolute atomic E-state index is 0.0887. The molecule has 1 unspecified atom stereocenters. The van der Waals surface area contributed by atoms with Gasteiger partial charge in [-0.25, -0.2) is 4.98 Å². The van der Waals surface area contributed by atoms with Gasteiger partial charge in [0.1, 0.15) is 11.9 Å². The zero-order valence-electron chi connectivity index (χ0n) is 10.6. The van der Waals surface area contributed by atoms with Crippen LogP contribution in [-0.4, -0.2) is 22.1 Å². The van der Waals surface area contributed by atoms with E-state index < -0.39 is 5.97 Å². The molecule has 0 aliphatic rings. The largest absolute Gasteiger partial charge is 0.481 e. The van der Waals surface area contributed by atoms with E-state index in [9.17, 15) is 4.79 Å². The highest BCUT2D eigenvalue weighted by atomic mass is 16.4. The van der Waals surface area contributed by atoms with Gasteiger partial charge in [-0.1, -0.05) is 0 Å². The zero-order chi connectivity index (χ0) is 13.5. The molecule has 1 aromatic rings. The molecule has 0 saturated carbocycles. The van der Waals surface area contributed by atoms with Gasteiger partial charge in [0, 0.05) is 18.7 Å². The molecule has 5 nitrogen and oxygen atoms in total. The maximum Gasteiger partial charge on any atom is 0.303 e. The summed E-state index contributed by atoms with van der Waals surface area (Å²) in [5.41, 5.74) is 1.43. The minimum atomic E-state index is -0.784. The highest BCUT2D eigenvalue weighted by Gasteiger charge is 2.10. The van der Waals surface area contributed by atoms with Crippen molar-refractivity contribution in [2.24, 2.45) is 0 Å². The number of hydrogen-bond donors (Lipinski definition) is 2. The van der Waals surface area contributed by atoms with Crippen LogP contribution in [0.1, 0.15) is 37.3 Å². The second kappa shape index (κ2) is 6.60. The summed E-state index contributed by atoms with van der Waals surface area (Å²) in [5.74, 6) is -0.214. The van der Waals surface area contributed by atoms with Crippen molar-refractivity contribution in [3.63, 3.8) is 0 Å². The summed E-state index contributed by atoms with van der Waals surface area (Å²) < 4.78 is 0. The summed E-state index contributed by atoms with van der Waals surface area (Å²) in [7, 11) is 0. The van der Waals surface area contributed by atoms with Crippen molar-refractivity contribution in [1.29, 1.82) is 5.26 Å². The van der Waals surface area contributed by atoms with Gasteiger partial charge in [0.05, 0.1) is 5.56 Å². The standard InChI is InChI=1S/C13H17N3O2/c1-9-6-7-15-13(11(9)8-14)16-10(2)4-3-5-12(17)18/h6-7,10H,3-5H2,1-2H3,(H,15,16)(H,17,18). The molecule has 0 aliphatic carbocycles. The summed E-state index contributed by atoms with van der Waals surface area (Å²) in [6, 6.07) is 4.00. The molecule has 1 atom stereocenters. The van der Waals surface area contributed by atoms with E-state index in [0.29, 0.717) is 17.8 Å². The Morgan fingerprint density at radius 1 is 1.67 bits per heavy atom. The molecule has 0 fully saturated rings. The Hall–Kier alpha value is -2.09. The molecule has 5 heteroatoms. The molecule has 1 heterocycles. The van der Waals surface area contributed by atoms with E-state index in [-0.39, 0.29) is 12.5 Å². The molecule has 1 rings (SSSR count). The van der Waals surface area contributed by atoms with Gasteiger partial charge < -0.3 is 10.4 Å². The molecular formula is C13H17N3O2. The van der Waals surface area contributed by atoms with E-state index >= 15 is 0 Å². The normalized spacial score (nSPS) is 11.6. The molecule has 0 radical (unpaired) electrons. The van der Waals surface area contributed by atoms with Crippen molar-refractivity contribution >= 4 is 11.8 Å². The average molecular weight is 247 g/mol. The second-order valence-electron chi connectivity index (χ2n) is 4.29. The van der Waals surface area contributed by atoms with E-state index in [1.54, 1.807) is 12.3 Å². The first-order valence-electron chi connectivity index (χ1n) is 5.88. The number of carboxylic acid groups (broad SMARTS) is 1. The Kier molecular flexibility index (Phi) is 5.12. The fourth-order valence-corrected chi connectivity index (χ4v) is 1.67. The third-order valence-corrected chi connectivity index (χ3v) is 2.68. The summed E-state index contributed by atoms with van der Waals surface area (Å²) in [4.78, 5) is 14.6. The molecule has 0 saturated heterocycles. The number of carbonyl (C=O) groups is 1. The maximum atomic E-state index is 10.4. The van der Waals surface area contributed by atoms with E-state index in [1.165, 1.54) is 0 Å². The molecule has 0 spiro atoms. The Balaban J connectivity index is 2.59. The molecular weight excluding hydrogens is 230 g/mol. The summed E-state index contributed by atoms with van der Waals surface area (Å²) >= 11 is 0. The van der Waals surface area contributed by atoms with Crippen molar-refractivity contribution in [3.8, 4) is 6.07 Å². The Morgan fingerprint density at radius 3 is 3.00 bits per heavy atom. The van der Waals surface area contributed by atoms with E-state index in [4.69, 9.17) is 10.4 Å². The molecule has 18 heavy (non-hydrogen) atoms. The lowest BCUT2D eigenvalue weighted by Gasteiger charge is -2.15. The fourth-order valence-electron chi connectivity index (χ4n) is 1.67. The smallest absolute Gasteiger partial charge is 0.303 e. The first-order valence-corrected chi connectivity index (χ1v) is 5.88. The van der Waals surface area contributed by atoms with Crippen LogP contribution in [0.2, 0.25) is 0 Å². The van der Waals surface area contributed by atoms with E-state index in [2.05, 4.69) is 16.4 Å². The van der Waals surface area contributed by atoms with E-state index in [0.717, 1.165) is 12.0 Å². The van der Waals surface area contributed by atoms with Gasteiger partial charge in [0.2, 0.25) is 0 Å². The van der Waals surface area contributed by atoms with Crippen molar-refractivity contribution in [1.82, 2.24) is 4.98 Å². The van der Waals surface area contributed by atoms with Gasteiger partial charge in [-0.2, -0.15) is 5.26 Å². The van der Waals surface area contributed by atoms with Crippen molar-refractivity contribution < 1.29 is 9.90 Å². The molecule has 1 aromatic heterocycles. The quantitative estimate of drug-likeness (QED) is 0.805. The van der Waals surface area contributed by atoms with Gasteiger partial charge in [0.25, 0.3) is 0 Å². The Morgan fingerprint density at radius 2 is 2.39 bits per heavy atom. The number of aromatic nitrogens is 1. The number of hydrogen-bond acceptors (Lipinski definition) is 4. The molecule has 0 bridgehead atoms. The molecule has 0 aliphatic heterocycles. The lowest BCUT2D eigenvalue weighted by Crippen LogP contribution is -2.17. The van der Waals surface area contributed by atoms with Crippen LogP contribution < -0.4 is 5.32 Å². The van der Waals surface area contributed by atoms with Crippen LogP contribution in [0.25, 0.3) is 0 Å². The molecule has 2 N–H and O–H groups in total. The fraction of sp³-hybridized carbons (Fsp3) is 0.462. The third kappa shape index (κ3) is 4.06. The first kappa shape index (κ1) is 14.0. The summed E-state index contributed by atoms with van der Waals surface area (Å²) in [6.45, 7) is 3.81. The predicted octanol–water partition coefficient (Wildman–Crippen LogP) is 2.32. The highest BCUT2D eigenvalue weighted by Crippen LogP contribution is 2.17. The predicted molar refractivity (Wildman–Crippen MR) is 68.3 cm³/mol. The molecule has 0 aromatic carbocycles. The minimum Gasteiger partial charge on any atom is -0.481 e. The third-order valence-electron chi connectivity index (χ3n) is 2.68. The van der Waals surface area contributed by atoms with Crippen molar-refractivity contribution in [2.45, 2.75) is 39.2 Å². The summed E-state index contributed by atoms with van der Waals surface area (Å²) in [5, 5.41) is 20.8. The van der Waals surface area contributed by atoms with Crippen LogP contribution in [-0.2, 0) is 4.79 Å². The average Bonchev–Trinajstić information content (AvgIpc) is 2.28. The monoisotopic (exact) mass is 247 g/mol. The highest BCUT2D eigenvalue weighted by molar-refractivity contribution is 5.66. The Labute approximate surface area is 106 Å². The van der Waals surface area contributed by atoms with Crippen LogP contribution in [0.15, 0.2) is 12.3 Å². The van der Waals surface area contributed by atoms with Crippen molar-refractivity contribution in [2.75, 3.05) is 5.32 Å². The molecule has 0 amide bonds. The number of carboxylic acids is 1. The van der Waals surface area contributed by atoms with Crippen LogP contribution in [0.4, 0.5) is 5.82 Å². The lowest BCUT2D eigenvalue weighted by molar-refractivity contribution is -0.137. The number of aryl methyl sites for hydroxylation is 1. The van der Waals surface area contributed by atoms with Gasteiger partial charge in [0.15, 0.2) is 0 Å². The topological polar surface area (TPSA) is 86.0 Å². The summed E-state index contributed by atoms with van der Waals surface area (Å²) in [6.07, 6.45) is 3.16. The number of aliphatic carboxylic acids is 1. The number of nitrogens with zero attached hydrogens (tertiary/aromatic N) is 2. The number of pyridine rings is 1. The van der Waals surface area contributed by atoms with Crippen LogP contribution in [0.3, 0.4) is 0 Å². The van der Waals surface area contributed by atoms with Gasteiger partial charge in [-0.3, -0.25) is 4.79 Å². The van der Waals surface area contributed by atoms with Crippen molar-refractivity contribution in [3.05, 3.63) is 23.4 Å². The van der Waals surface area contributed by atoms with Crippen LogP contribution in [0, 0.1) is 18.3 Å². The van der Waals surface area contributed by atoms with Crippen LogP contribution in [0.5, 0.6) is 0 Å². The van der Waals surface area contributed by atoms with Gasteiger partial charge >= 0.3 is 5.97 Å². The van der Waals surface area contributed by atoms with Crippen LogP contribution >= 0.6 is 0 Å².